The number of fused-ring (bicyclic) bond motifs is 8. The number of nitrogens with zero attached hydrogens (tertiary/aromatic N) is 2. The van der Waals surface area contributed by atoms with Crippen LogP contribution in [0.4, 0.5) is 5.69 Å². The second kappa shape index (κ2) is 8.23. The van der Waals surface area contributed by atoms with Crippen LogP contribution in [0.15, 0.2) is 96.2 Å². The van der Waals surface area contributed by atoms with Crippen LogP contribution in [0.3, 0.4) is 0 Å². The van der Waals surface area contributed by atoms with E-state index in [1.54, 1.807) is 0 Å². The first-order chi connectivity index (χ1) is 19.1. The molecule has 0 unspecified atom stereocenters. The number of hydrogen-bond donors (Lipinski definition) is 3. The third-order valence-corrected chi connectivity index (χ3v) is 7.50. The fourth-order valence-corrected chi connectivity index (χ4v) is 5.61. The van der Waals surface area contributed by atoms with Crippen molar-refractivity contribution in [3.8, 4) is 11.4 Å². The van der Waals surface area contributed by atoms with Gasteiger partial charge < -0.3 is 15.0 Å². The summed E-state index contributed by atoms with van der Waals surface area (Å²) in [4.78, 5) is 20.2. The van der Waals surface area contributed by atoms with Gasteiger partial charge in [-0.2, -0.15) is 0 Å². The van der Waals surface area contributed by atoms with Crippen LogP contribution in [0.5, 0.6) is 0 Å². The number of rotatable bonds is 3. The van der Waals surface area contributed by atoms with Crippen LogP contribution >= 0.6 is 0 Å². The van der Waals surface area contributed by atoms with E-state index in [1.807, 2.05) is 55.0 Å². The normalized spacial score (nSPS) is 12.2. The van der Waals surface area contributed by atoms with Gasteiger partial charge in [-0.3, -0.25) is 4.99 Å². The molecular formula is C32H19B2N5. The maximum absolute atomic E-state index is 6.11. The van der Waals surface area contributed by atoms with Gasteiger partial charge in [0.15, 0.2) is 0 Å². The van der Waals surface area contributed by atoms with Crippen LogP contribution in [-0.4, -0.2) is 41.8 Å². The molecule has 0 fully saturated rings. The summed E-state index contributed by atoms with van der Waals surface area (Å²) in [5.74, 6) is 0.796. The second-order valence-electron chi connectivity index (χ2n) is 9.90. The SMILES string of the molecule is [B]c1ccc2[nH]cc(C=Nc3ccc4c5ccccc5c5nc(-c6c[nH]c7ccc([B])cc67)[nH]c5c4c3)c2c1. The van der Waals surface area contributed by atoms with E-state index in [-0.39, 0.29) is 0 Å². The summed E-state index contributed by atoms with van der Waals surface area (Å²) in [6.45, 7) is 0. The molecule has 0 spiro atoms. The van der Waals surface area contributed by atoms with Crippen molar-refractivity contribution in [2.24, 2.45) is 4.99 Å². The fourth-order valence-electron chi connectivity index (χ4n) is 5.61. The predicted octanol–water partition coefficient (Wildman–Crippen LogP) is 5.84. The molecule has 0 amide bonds. The molecule has 178 valence electrons. The van der Waals surface area contributed by atoms with Crippen LogP contribution in [0.25, 0.3) is 65.8 Å². The molecule has 3 aromatic heterocycles. The quantitative estimate of drug-likeness (QED) is 0.161. The predicted molar refractivity (Wildman–Crippen MR) is 165 cm³/mol. The number of nitrogens with one attached hydrogen (secondary N) is 3. The molecule has 0 saturated carbocycles. The van der Waals surface area contributed by atoms with E-state index >= 15 is 0 Å². The lowest BCUT2D eigenvalue weighted by atomic mass is 9.94. The molecule has 39 heavy (non-hydrogen) atoms. The molecule has 0 saturated heterocycles. The van der Waals surface area contributed by atoms with Crippen molar-refractivity contribution < 1.29 is 0 Å². The number of benzene rings is 5. The molecule has 0 aliphatic carbocycles. The minimum Gasteiger partial charge on any atom is -0.361 e. The fraction of sp³-hybridized carbons (Fsp3) is 0. The third-order valence-electron chi connectivity index (χ3n) is 7.50. The number of aromatic nitrogens is 4. The highest BCUT2D eigenvalue weighted by Gasteiger charge is 2.16. The summed E-state index contributed by atoms with van der Waals surface area (Å²) in [6, 6.07) is 26.4. The Kier molecular flexibility index (Phi) is 4.64. The highest BCUT2D eigenvalue weighted by atomic mass is 14.9. The molecule has 0 aliphatic rings. The number of imidazole rings is 1. The van der Waals surface area contributed by atoms with E-state index in [9.17, 15) is 0 Å². The van der Waals surface area contributed by atoms with Crippen LogP contribution in [0.1, 0.15) is 5.56 Å². The van der Waals surface area contributed by atoms with Gasteiger partial charge in [0.1, 0.15) is 21.5 Å². The number of H-pyrrole nitrogens is 3. The summed E-state index contributed by atoms with van der Waals surface area (Å²) in [5, 5.41) is 6.56. The Morgan fingerprint density at radius 1 is 0.667 bits per heavy atom. The zero-order valence-electron chi connectivity index (χ0n) is 20.8. The van der Waals surface area contributed by atoms with Gasteiger partial charge in [0.2, 0.25) is 0 Å². The highest BCUT2D eigenvalue weighted by Crippen LogP contribution is 2.38. The lowest BCUT2D eigenvalue weighted by molar-refractivity contribution is 1.34. The number of hydrogen-bond acceptors (Lipinski definition) is 2. The Labute approximate surface area is 225 Å². The van der Waals surface area contributed by atoms with E-state index in [1.165, 1.54) is 0 Å². The van der Waals surface area contributed by atoms with Gasteiger partial charge in [-0.05, 0) is 35.0 Å². The average molecular weight is 495 g/mol. The van der Waals surface area contributed by atoms with Gasteiger partial charge in [0, 0.05) is 62.3 Å². The van der Waals surface area contributed by atoms with Crippen LogP contribution in [0, 0.1) is 0 Å². The highest BCUT2D eigenvalue weighted by molar-refractivity contribution is 6.34. The van der Waals surface area contributed by atoms with Crippen LogP contribution in [0.2, 0.25) is 0 Å². The van der Waals surface area contributed by atoms with Crippen molar-refractivity contribution in [3.63, 3.8) is 0 Å². The van der Waals surface area contributed by atoms with Gasteiger partial charge in [0.25, 0.3) is 0 Å². The van der Waals surface area contributed by atoms with E-state index in [4.69, 9.17) is 25.7 Å². The van der Waals surface area contributed by atoms with Crippen LogP contribution in [-0.2, 0) is 0 Å². The largest absolute Gasteiger partial charge is 0.361 e. The minimum absolute atomic E-state index is 0.718. The van der Waals surface area contributed by atoms with Crippen molar-refractivity contribution in [2.45, 2.75) is 0 Å². The molecule has 0 atom stereocenters. The molecule has 4 radical (unpaired) electrons. The number of aliphatic imine (C=N–C) groups is 1. The molecule has 8 rings (SSSR count). The van der Waals surface area contributed by atoms with Crippen LogP contribution < -0.4 is 10.9 Å². The monoisotopic (exact) mass is 495 g/mol. The summed E-state index contributed by atoms with van der Waals surface area (Å²) in [6.07, 6.45) is 5.82. The maximum Gasteiger partial charge on any atom is 0.140 e. The Bertz CT molecular complexity index is 2270. The molecule has 0 bridgehead atoms. The van der Waals surface area contributed by atoms with E-state index in [2.05, 4.69) is 57.4 Å². The van der Waals surface area contributed by atoms with E-state index < -0.39 is 0 Å². The first kappa shape index (κ1) is 22.0. The average Bonchev–Trinajstić information content (AvgIpc) is 3.68. The third kappa shape index (κ3) is 3.43. The van der Waals surface area contributed by atoms with Crippen molar-refractivity contribution in [3.05, 3.63) is 96.8 Å². The van der Waals surface area contributed by atoms with Gasteiger partial charge in [-0.25, -0.2) is 4.98 Å². The molecule has 3 N–H and O–H groups in total. The summed E-state index contributed by atoms with van der Waals surface area (Å²) in [7, 11) is 12.1. The van der Waals surface area contributed by atoms with Gasteiger partial charge in [-0.15, -0.1) is 0 Å². The van der Waals surface area contributed by atoms with Gasteiger partial charge >= 0.3 is 0 Å². The Hall–Kier alpha value is -5.03. The first-order valence-corrected chi connectivity index (χ1v) is 12.7. The Balaban J connectivity index is 1.33. The Morgan fingerprint density at radius 2 is 1.38 bits per heavy atom. The zero-order valence-corrected chi connectivity index (χ0v) is 20.8. The minimum atomic E-state index is 0.718. The Morgan fingerprint density at radius 3 is 2.23 bits per heavy atom. The summed E-state index contributed by atoms with van der Waals surface area (Å²) < 4.78 is 0. The molecule has 5 nitrogen and oxygen atoms in total. The van der Waals surface area contributed by atoms with E-state index in [0.717, 1.165) is 87.9 Å². The topological polar surface area (TPSA) is 72.6 Å². The van der Waals surface area contributed by atoms with Gasteiger partial charge in [0.05, 0.1) is 16.7 Å². The first-order valence-electron chi connectivity index (χ1n) is 12.7. The molecule has 5 aromatic carbocycles. The van der Waals surface area contributed by atoms with E-state index in [0.29, 0.717) is 0 Å². The standard InChI is InChI=1S/C32H19B2N5/c33-18-5-9-28-24(11-18)17(15-36-28)14-35-20-7-8-22-21-3-1-2-4-23(21)30-31(26(22)13-20)39-32(38-30)27-16-37-29-10-6-19(34)12-25(27)29/h1-16,36-37H,(H,38,39). The lowest BCUT2D eigenvalue weighted by Crippen LogP contribution is -1.99. The smallest absolute Gasteiger partial charge is 0.140 e. The molecular weight excluding hydrogens is 476 g/mol. The molecule has 0 aliphatic heterocycles. The second-order valence-corrected chi connectivity index (χ2v) is 9.90. The molecule has 8 aromatic rings. The maximum atomic E-state index is 6.11. The van der Waals surface area contributed by atoms with Crippen molar-refractivity contribution >= 4 is 92.9 Å². The zero-order chi connectivity index (χ0) is 26.1. The van der Waals surface area contributed by atoms with Crippen molar-refractivity contribution in [2.75, 3.05) is 0 Å². The molecule has 7 heteroatoms. The van der Waals surface area contributed by atoms with Gasteiger partial charge in [-0.1, -0.05) is 65.5 Å². The van der Waals surface area contributed by atoms with Crippen molar-refractivity contribution in [1.29, 1.82) is 0 Å². The lowest BCUT2D eigenvalue weighted by Gasteiger charge is -2.07. The summed E-state index contributed by atoms with van der Waals surface area (Å²) >= 11 is 0. The number of aromatic amines is 3. The van der Waals surface area contributed by atoms with Crippen molar-refractivity contribution in [1.82, 2.24) is 19.9 Å². The summed E-state index contributed by atoms with van der Waals surface area (Å²) in [5.41, 5.74) is 8.23. The molecule has 3 heterocycles.